The molecule has 0 aliphatic heterocycles. The van der Waals surface area contributed by atoms with Gasteiger partial charge in [-0.2, -0.15) is 0 Å². The van der Waals surface area contributed by atoms with Gasteiger partial charge >= 0.3 is 0 Å². The molecule has 0 saturated heterocycles. The van der Waals surface area contributed by atoms with Gasteiger partial charge in [0.15, 0.2) is 11.6 Å². The van der Waals surface area contributed by atoms with Gasteiger partial charge in [0.1, 0.15) is 0 Å². The number of ether oxygens (including phenoxy) is 1. The molecule has 0 aliphatic rings. The molecule has 2 rings (SSSR count). The first-order valence-electron chi connectivity index (χ1n) is 7.15. The Morgan fingerprint density at radius 3 is 2.71 bits per heavy atom. The summed E-state index contributed by atoms with van der Waals surface area (Å²) in [6.45, 7) is 4.99. The standard InChI is InChI=1S/C17H21FN2O/c1-4-19-17(12(2)15-7-5-6-10-20-15)13-8-9-14(18)16(11-13)21-3/h5-12,17,19H,4H2,1-3H3. The maximum atomic E-state index is 13.6. The smallest absolute Gasteiger partial charge is 0.165 e. The third-order valence-corrected chi connectivity index (χ3v) is 3.61. The van der Waals surface area contributed by atoms with Gasteiger partial charge in [-0.15, -0.1) is 0 Å². The van der Waals surface area contributed by atoms with Crippen LogP contribution in [0.4, 0.5) is 4.39 Å². The highest BCUT2D eigenvalue weighted by Crippen LogP contribution is 2.32. The molecule has 4 heteroatoms. The second-order valence-corrected chi connectivity index (χ2v) is 4.97. The van der Waals surface area contributed by atoms with Gasteiger partial charge < -0.3 is 10.1 Å². The number of benzene rings is 1. The number of aromatic nitrogens is 1. The minimum absolute atomic E-state index is 0.0550. The average molecular weight is 288 g/mol. The SMILES string of the molecule is CCNC(c1ccc(F)c(OC)c1)C(C)c1ccccn1. The zero-order valence-corrected chi connectivity index (χ0v) is 12.6. The van der Waals surface area contributed by atoms with Gasteiger partial charge in [0.25, 0.3) is 0 Å². The number of hydrogen-bond acceptors (Lipinski definition) is 3. The molecule has 2 aromatic rings. The molecule has 2 atom stereocenters. The largest absolute Gasteiger partial charge is 0.494 e. The van der Waals surface area contributed by atoms with Gasteiger partial charge in [-0.25, -0.2) is 4.39 Å². The normalized spacial score (nSPS) is 13.7. The molecule has 0 bridgehead atoms. The molecule has 0 aliphatic carbocycles. The van der Waals surface area contributed by atoms with Crippen molar-refractivity contribution < 1.29 is 9.13 Å². The van der Waals surface area contributed by atoms with Crippen LogP contribution in [0.15, 0.2) is 42.6 Å². The van der Waals surface area contributed by atoms with Crippen molar-refractivity contribution >= 4 is 0 Å². The van der Waals surface area contributed by atoms with Crippen LogP contribution < -0.4 is 10.1 Å². The van der Waals surface area contributed by atoms with Crippen LogP contribution in [0.3, 0.4) is 0 Å². The van der Waals surface area contributed by atoms with Crippen LogP contribution in [-0.4, -0.2) is 18.6 Å². The molecule has 0 saturated carbocycles. The van der Waals surface area contributed by atoms with E-state index >= 15 is 0 Å². The molecule has 0 amide bonds. The highest BCUT2D eigenvalue weighted by atomic mass is 19.1. The van der Waals surface area contributed by atoms with Crippen LogP contribution in [-0.2, 0) is 0 Å². The predicted octanol–water partition coefficient (Wildman–Crippen LogP) is 3.68. The van der Waals surface area contributed by atoms with E-state index in [1.807, 2.05) is 18.2 Å². The minimum Gasteiger partial charge on any atom is -0.494 e. The average Bonchev–Trinajstić information content (AvgIpc) is 2.53. The number of nitrogens with zero attached hydrogens (tertiary/aromatic N) is 1. The van der Waals surface area contributed by atoms with Crippen molar-refractivity contribution in [2.75, 3.05) is 13.7 Å². The number of methoxy groups -OCH3 is 1. The topological polar surface area (TPSA) is 34.1 Å². The highest BCUT2D eigenvalue weighted by molar-refractivity contribution is 5.34. The molecule has 3 nitrogen and oxygen atoms in total. The fourth-order valence-corrected chi connectivity index (χ4v) is 2.49. The summed E-state index contributed by atoms with van der Waals surface area (Å²) in [5.74, 6) is 0.0897. The van der Waals surface area contributed by atoms with Crippen molar-refractivity contribution in [1.82, 2.24) is 10.3 Å². The quantitative estimate of drug-likeness (QED) is 0.880. The lowest BCUT2D eigenvalue weighted by Gasteiger charge is -2.25. The molecule has 1 N–H and O–H groups in total. The van der Waals surface area contributed by atoms with Gasteiger partial charge in [0.2, 0.25) is 0 Å². The fourth-order valence-electron chi connectivity index (χ4n) is 2.49. The summed E-state index contributed by atoms with van der Waals surface area (Å²) in [5, 5.41) is 3.45. The Bertz CT molecular complexity index is 574. The molecular formula is C17H21FN2O. The Morgan fingerprint density at radius 2 is 2.10 bits per heavy atom. The third kappa shape index (κ3) is 3.58. The van der Waals surface area contributed by atoms with E-state index in [-0.39, 0.29) is 23.5 Å². The molecule has 1 aromatic carbocycles. The number of halogens is 1. The first-order chi connectivity index (χ1) is 10.2. The Kier molecular flexibility index (Phi) is 5.28. The molecule has 21 heavy (non-hydrogen) atoms. The second kappa shape index (κ2) is 7.18. The lowest BCUT2D eigenvalue weighted by Crippen LogP contribution is -2.26. The summed E-state index contributed by atoms with van der Waals surface area (Å²) in [6.07, 6.45) is 1.79. The zero-order valence-electron chi connectivity index (χ0n) is 12.6. The molecule has 0 spiro atoms. The minimum atomic E-state index is -0.345. The van der Waals surface area contributed by atoms with Crippen molar-refractivity contribution in [2.24, 2.45) is 0 Å². The molecular weight excluding hydrogens is 267 g/mol. The van der Waals surface area contributed by atoms with E-state index in [4.69, 9.17) is 4.74 Å². The number of nitrogens with one attached hydrogen (secondary N) is 1. The Balaban J connectivity index is 2.34. The van der Waals surface area contributed by atoms with Crippen molar-refractivity contribution in [3.63, 3.8) is 0 Å². The Hall–Kier alpha value is -1.94. The molecule has 1 aromatic heterocycles. The van der Waals surface area contributed by atoms with Gasteiger partial charge in [-0.05, 0) is 36.4 Å². The van der Waals surface area contributed by atoms with Crippen molar-refractivity contribution in [3.8, 4) is 5.75 Å². The van der Waals surface area contributed by atoms with Crippen LogP contribution in [0.2, 0.25) is 0 Å². The first-order valence-corrected chi connectivity index (χ1v) is 7.15. The Labute approximate surface area is 125 Å². The second-order valence-electron chi connectivity index (χ2n) is 4.97. The first kappa shape index (κ1) is 15.4. The highest BCUT2D eigenvalue weighted by Gasteiger charge is 2.22. The monoisotopic (exact) mass is 288 g/mol. The van der Waals surface area contributed by atoms with Crippen LogP contribution in [0.1, 0.15) is 37.1 Å². The van der Waals surface area contributed by atoms with E-state index in [9.17, 15) is 4.39 Å². The van der Waals surface area contributed by atoms with Crippen LogP contribution in [0.5, 0.6) is 5.75 Å². The Morgan fingerprint density at radius 1 is 1.29 bits per heavy atom. The summed E-state index contributed by atoms with van der Waals surface area (Å²) in [5.41, 5.74) is 2.00. The van der Waals surface area contributed by atoms with Gasteiger partial charge in [-0.1, -0.05) is 26.0 Å². The molecule has 112 valence electrons. The fraction of sp³-hybridized carbons (Fsp3) is 0.353. The van der Waals surface area contributed by atoms with E-state index in [1.165, 1.54) is 13.2 Å². The zero-order chi connectivity index (χ0) is 15.2. The van der Waals surface area contributed by atoms with E-state index in [1.54, 1.807) is 18.3 Å². The summed E-state index contributed by atoms with van der Waals surface area (Å²) in [7, 11) is 1.48. The van der Waals surface area contributed by atoms with Crippen molar-refractivity contribution in [3.05, 3.63) is 59.7 Å². The van der Waals surface area contributed by atoms with E-state index in [2.05, 4.69) is 24.1 Å². The van der Waals surface area contributed by atoms with Crippen LogP contribution in [0.25, 0.3) is 0 Å². The number of likely N-dealkylation sites (N-methyl/N-ethyl adjacent to an activating group) is 1. The number of pyridine rings is 1. The summed E-state index contributed by atoms with van der Waals surface area (Å²) >= 11 is 0. The van der Waals surface area contributed by atoms with Gasteiger partial charge in [0, 0.05) is 23.9 Å². The van der Waals surface area contributed by atoms with Gasteiger partial charge in [-0.3, -0.25) is 4.98 Å². The van der Waals surface area contributed by atoms with E-state index < -0.39 is 0 Å². The maximum Gasteiger partial charge on any atom is 0.165 e. The number of hydrogen-bond donors (Lipinski definition) is 1. The van der Waals surface area contributed by atoms with Crippen LogP contribution in [0, 0.1) is 5.82 Å². The summed E-state index contributed by atoms with van der Waals surface area (Å²) in [4.78, 5) is 4.42. The molecule has 0 fully saturated rings. The lowest BCUT2D eigenvalue weighted by atomic mass is 9.91. The van der Waals surface area contributed by atoms with Crippen LogP contribution >= 0.6 is 0 Å². The van der Waals surface area contributed by atoms with E-state index in [0.717, 1.165) is 17.8 Å². The summed E-state index contributed by atoms with van der Waals surface area (Å²) in [6, 6.07) is 10.9. The molecule has 2 unspecified atom stereocenters. The van der Waals surface area contributed by atoms with Crippen molar-refractivity contribution in [1.29, 1.82) is 0 Å². The van der Waals surface area contributed by atoms with Gasteiger partial charge in [0.05, 0.1) is 7.11 Å². The summed E-state index contributed by atoms with van der Waals surface area (Å²) < 4.78 is 18.7. The molecule has 1 heterocycles. The van der Waals surface area contributed by atoms with E-state index in [0.29, 0.717) is 0 Å². The predicted molar refractivity (Wildman–Crippen MR) is 82.0 cm³/mol. The maximum absolute atomic E-state index is 13.6. The third-order valence-electron chi connectivity index (χ3n) is 3.61. The number of rotatable bonds is 6. The van der Waals surface area contributed by atoms with Crippen molar-refractivity contribution in [2.45, 2.75) is 25.8 Å². The molecule has 0 radical (unpaired) electrons. The lowest BCUT2D eigenvalue weighted by molar-refractivity contribution is 0.383.